The van der Waals surface area contributed by atoms with Crippen LogP contribution in [0.15, 0.2) is 33.4 Å². The van der Waals surface area contributed by atoms with E-state index in [4.69, 9.17) is 4.52 Å². The van der Waals surface area contributed by atoms with Crippen LogP contribution in [0.3, 0.4) is 0 Å². The Labute approximate surface area is 160 Å². The molecule has 8 nitrogen and oxygen atoms in total. The summed E-state index contributed by atoms with van der Waals surface area (Å²) in [6.45, 7) is 5.00. The first-order valence-electron chi connectivity index (χ1n) is 9.10. The molecule has 3 heterocycles. The molecule has 2 aromatic heterocycles. The molecular formula is C19H20FN5O3. The van der Waals surface area contributed by atoms with Gasteiger partial charge in [-0.05, 0) is 44.0 Å². The van der Waals surface area contributed by atoms with Crippen molar-refractivity contribution in [3.8, 4) is 11.4 Å². The molecule has 1 aliphatic rings. The molecule has 0 bridgehead atoms. The van der Waals surface area contributed by atoms with Gasteiger partial charge in [0.25, 0.3) is 0 Å². The van der Waals surface area contributed by atoms with Gasteiger partial charge in [-0.2, -0.15) is 4.98 Å². The molecule has 0 spiro atoms. The summed E-state index contributed by atoms with van der Waals surface area (Å²) in [5.74, 6) is 0.658. The number of hydrogen-bond donors (Lipinski definition) is 0. The van der Waals surface area contributed by atoms with Crippen LogP contribution in [0.5, 0.6) is 0 Å². The molecule has 0 N–H and O–H groups in total. The number of amides is 1. The monoisotopic (exact) mass is 385 g/mol. The smallest absolute Gasteiger partial charge is 0.233 e. The Morgan fingerprint density at radius 3 is 2.54 bits per heavy atom. The van der Waals surface area contributed by atoms with Crippen LogP contribution in [0.2, 0.25) is 0 Å². The Balaban J connectivity index is 1.41. The van der Waals surface area contributed by atoms with Gasteiger partial charge >= 0.3 is 0 Å². The van der Waals surface area contributed by atoms with Gasteiger partial charge in [0.1, 0.15) is 17.2 Å². The Bertz CT molecular complexity index is 974. The van der Waals surface area contributed by atoms with Crippen molar-refractivity contribution in [3.05, 3.63) is 47.4 Å². The lowest BCUT2D eigenvalue weighted by molar-refractivity contribution is -0.132. The molecule has 146 valence electrons. The van der Waals surface area contributed by atoms with Crippen LogP contribution < -0.4 is 0 Å². The van der Waals surface area contributed by atoms with Crippen LogP contribution in [0.1, 0.15) is 37.0 Å². The Morgan fingerprint density at radius 2 is 1.89 bits per heavy atom. The van der Waals surface area contributed by atoms with E-state index >= 15 is 0 Å². The largest absolute Gasteiger partial charge is 0.342 e. The Morgan fingerprint density at radius 1 is 1.18 bits per heavy atom. The summed E-state index contributed by atoms with van der Waals surface area (Å²) in [6.07, 6.45) is 1.60. The summed E-state index contributed by atoms with van der Waals surface area (Å²) in [5, 5.41) is 11.5. The van der Waals surface area contributed by atoms with Crippen molar-refractivity contribution in [1.29, 1.82) is 0 Å². The van der Waals surface area contributed by atoms with E-state index < -0.39 is 0 Å². The minimum Gasteiger partial charge on any atom is -0.342 e. The van der Waals surface area contributed by atoms with Crippen molar-refractivity contribution in [2.24, 2.45) is 0 Å². The quantitative estimate of drug-likeness (QED) is 0.681. The standard InChI is InChI=1S/C19H20FN5O3/c1-12-15(23-28-22-12)11-16(26)25-9-7-19(2,8-10-25)18-21-17(24-27-18)13-3-5-14(20)6-4-13/h3-6H,7-11H2,1-2H3. The predicted octanol–water partition coefficient (Wildman–Crippen LogP) is 2.69. The third-order valence-electron chi connectivity index (χ3n) is 5.33. The van der Waals surface area contributed by atoms with E-state index in [-0.39, 0.29) is 23.6 Å². The maximum Gasteiger partial charge on any atom is 0.233 e. The first-order chi connectivity index (χ1) is 13.4. The van der Waals surface area contributed by atoms with Gasteiger partial charge < -0.3 is 9.42 Å². The van der Waals surface area contributed by atoms with E-state index in [9.17, 15) is 9.18 Å². The highest BCUT2D eigenvalue weighted by Gasteiger charge is 2.38. The van der Waals surface area contributed by atoms with Gasteiger partial charge in [-0.1, -0.05) is 22.4 Å². The second-order valence-electron chi connectivity index (χ2n) is 7.34. The van der Waals surface area contributed by atoms with Crippen LogP contribution in [0.4, 0.5) is 4.39 Å². The van der Waals surface area contributed by atoms with Gasteiger partial charge in [-0.3, -0.25) is 4.79 Å². The van der Waals surface area contributed by atoms with E-state index in [1.807, 2.05) is 4.90 Å². The molecule has 4 rings (SSSR count). The first-order valence-corrected chi connectivity index (χ1v) is 9.10. The molecule has 3 aromatic rings. The summed E-state index contributed by atoms with van der Waals surface area (Å²) in [6, 6.07) is 5.97. The second-order valence-corrected chi connectivity index (χ2v) is 7.34. The molecule has 1 saturated heterocycles. The van der Waals surface area contributed by atoms with Crippen LogP contribution in [-0.2, 0) is 16.6 Å². The van der Waals surface area contributed by atoms with E-state index in [1.165, 1.54) is 12.1 Å². The van der Waals surface area contributed by atoms with E-state index in [0.717, 1.165) is 0 Å². The number of halogens is 1. The molecule has 28 heavy (non-hydrogen) atoms. The topological polar surface area (TPSA) is 98.2 Å². The SMILES string of the molecule is Cc1nonc1CC(=O)N1CCC(C)(c2nc(-c3ccc(F)cc3)no2)CC1. The highest BCUT2D eigenvalue weighted by Crippen LogP contribution is 2.35. The number of carbonyl (C=O) groups excluding carboxylic acids is 1. The fraction of sp³-hybridized carbons (Fsp3) is 0.421. The maximum atomic E-state index is 13.1. The van der Waals surface area contributed by atoms with Crippen LogP contribution in [0.25, 0.3) is 11.4 Å². The average molecular weight is 385 g/mol. The zero-order chi connectivity index (χ0) is 19.7. The number of piperidine rings is 1. The highest BCUT2D eigenvalue weighted by atomic mass is 19.1. The number of hydrogen-bond acceptors (Lipinski definition) is 7. The molecule has 0 atom stereocenters. The summed E-state index contributed by atoms with van der Waals surface area (Å²) in [5.41, 5.74) is 1.59. The molecule has 9 heteroatoms. The lowest BCUT2D eigenvalue weighted by Crippen LogP contribution is -2.44. The third-order valence-corrected chi connectivity index (χ3v) is 5.33. The van der Waals surface area contributed by atoms with Crippen molar-refractivity contribution < 1.29 is 18.3 Å². The summed E-state index contributed by atoms with van der Waals surface area (Å²) in [7, 11) is 0. The van der Waals surface area contributed by atoms with Crippen molar-refractivity contribution >= 4 is 5.91 Å². The number of benzene rings is 1. The summed E-state index contributed by atoms with van der Waals surface area (Å²) in [4.78, 5) is 18.8. The van der Waals surface area contributed by atoms with Gasteiger partial charge in [0.2, 0.25) is 17.6 Å². The Hall–Kier alpha value is -3.10. The van der Waals surface area contributed by atoms with E-state index in [0.29, 0.717) is 54.6 Å². The van der Waals surface area contributed by atoms with Crippen molar-refractivity contribution in [3.63, 3.8) is 0 Å². The molecule has 0 radical (unpaired) electrons. The van der Waals surface area contributed by atoms with Gasteiger partial charge in [0.05, 0.1) is 11.8 Å². The molecule has 0 saturated carbocycles. The molecule has 0 unspecified atom stereocenters. The maximum absolute atomic E-state index is 13.1. The zero-order valence-electron chi connectivity index (χ0n) is 15.7. The fourth-order valence-electron chi connectivity index (χ4n) is 3.31. The van der Waals surface area contributed by atoms with Gasteiger partial charge in [0, 0.05) is 18.7 Å². The van der Waals surface area contributed by atoms with Gasteiger partial charge in [-0.15, -0.1) is 0 Å². The van der Waals surface area contributed by atoms with Crippen LogP contribution >= 0.6 is 0 Å². The fourth-order valence-corrected chi connectivity index (χ4v) is 3.31. The predicted molar refractivity (Wildman–Crippen MR) is 95.6 cm³/mol. The van der Waals surface area contributed by atoms with Crippen LogP contribution in [-0.4, -0.2) is 44.4 Å². The Kier molecular flexibility index (Phi) is 4.66. The highest BCUT2D eigenvalue weighted by molar-refractivity contribution is 5.78. The number of aromatic nitrogens is 4. The number of nitrogens with zero attached hydrogens (tertiary/aromatic N) is 5. The van der Waals surface area contributed by atoms with Crippen LogP contribution in [0, 0.1) is 12.7 Å². The van der Waals surface area contributed by atoms with Crippen molar-refractivity contribution in [1.82, 2.24) is 25.4 Å². The first kappa shape index (κ1) is 18.3. The van der Waals surface area contributed by atoms with Gasteiger partial charge in [0.15, 0.2) is 0 Å². The molecule has 0 aliphatic carbocycles. The minimum atomic E-state index is -0.312. The number of likely N-dealkylation sites (tertiary alicyclic amines) is 1. The number of rotatable bonds is 4. The molecule has 1 aromatic carbocycles. The lowest BCUT2D eigenvalue weighted by atomic mass is 9.80. The minimum absolute atomic E-state index is 0.00150. The van der Waals surface area contributed by atoms with Crippen molar-refractivity contribution in [2.45, 2.75) is 38.5 Å². The summed E-state index contributed by atoms with van der Waals surface area (Å²) < 4.78 is 23.2. The van der Waals surface area contributed by atoms with E-state index in [2.05, 4.69) is 32.0 Å². The molecular weight excluding hydrogens is 365 g/mol. The number of aryl methyl sites for hydroxylation is 1. The van der Waals surface area contributed by atoms with Crippen molar-refractivity contribution in [2.75, 3.05) is 13.1 Å². The molecule has 1 fully saturated rings. The van der Waals surface area contributed by atoms with Gasteiger partial charge in [-0.25, -0.2) is 9.02 Å². The second kappa shape index (κ2) is 7.14. The third kappa shape index (κ3) is 3.51. The van der Waals surface area contributed by atoms with E-state index in [1.54, 1.807) is 19.1 Å². The number of carbonyl (C=O) groups is 1. The molecule has 1 aliphatic heterocycles. The lowest BCUT2D eigenvalue weighted by Gasteiger charge is -2.36. The summed E-state index contributed by atoms with van der Waals surface area (Å²) >= 11 is 0. The molecule has 1 amide bonds. The normalized spacial score (nSPS) is 16.3. The zero-order valence-corrected chi connectivity index (χ0v) is 15.7. The average Bonchev–Trinajstić information content (AvgIpc) is 3.33.